The third-order valence-corrected chi connectivity index (χ3v) is 8.79. The number of carbonyl (C=O) groups excluding carboxylic acids is 2. The summed E-state index contributed by atoms with van der Waals surface area (Å²) in [7, 11) is 1.87. The number of nitrogens with one attached hydrogen (secondary N) is 1. The second-order valence-electron chi connectivity index (χ2n) is 11.0. The number of halogens is 2. The summed E-state index contributed by atoms with van der Waals surface area (Å²) in [5.41, 5.74) is 2.28. The van der Waals surface area contributed by atoms with E-state index in [1.807, 2.05) is 35.9 Å². The van der Waals surface area contributed by atoms with Gasteiger partial charge >= 0.3 is 5.97 Å². The van der Waals surface area contributed by atoms with Crippen LogP contribution in [0.5, 0.6) is 0 Å². The number of aliphatic hydroxyl groups is 1. The molecule has 218 valence electrons. The number of aliphatic hydroxyl groups excluding tert-OH is 1. The van der Waals surface area contributed by atoms with Gasteiger partial charge in [0.25, 0.3) is 5.91 Å². The van der Waals surface area contributed by atoms with Crippen molar-refractivity contribution in [2.45, 2.75) is 56.8 Å². The molecule has 2 amide bonds. The number of para-hydroxylation sites is 1. The van der Waals surface area contributed by atoms with Gasteiger partial charge in [-0.2, -0.15) is 0 Å². The maximum Gasteiger partial charge on any atom is 0.306 e. The standard InChI is InChI=1S/C30H33Cl2N3O6/c1-34-15-23(22-4-2-3-5-27(22)34)29(38)33-26-13-24(31)18(10-25(26)32)11-28(37)35-14-20(36)12-19(35)16-41-21-8-6-17(7-9-21)30(39)40/h2-5,10,13,15,17,19-21,36H,6-9,11-12,14,16H2,1H3,(H,33,38)(H,39,40)/t17?,19-,20-,21?/m0/s1. The van der Waals surface area contributed by atoms with Crippen LogP contribution in [0.15, 0.2) is 42.6 Å². The minimum atomic E-state index is -0.766. The topological polar surface area (TPSA) is 121 Å². The Balaban J connectivity index is 1.21. The van der Waals surface area contributed by atoms with Crippen molar-refractivity contribution in [2.75, 3.05) is 18.5 Å². The molecule has 3 N–H and O–H groups in total. The Morgan fingerprint density at radius 2 is 1.80 bits per heavy atom. The maximum absolute atomic E-state index is 13.3. The molecule has 41 heavy (non-hydrogen) atoms. The quantitative estimate of drug-likeness (QED) is 0.337. The lowest BCUT2D eigenvalue weighted by atomic mass is 9.87. The average molecular weight is 603 g/mol. The molecule has 2 fully saturated rings. The molecule has 1 saturated carbocycles. The Hall–Kier alpha value is -3.11. The number of nitrogens with zero attached hydrogens (tertiary/aromatic N) is 2. The zero-order valence-corrected chi connectivity index (χ0v) is 24.2. The number of hydrogen-bond acceptors (Lipinski definition) is 5. The van der Waals surface area contributed by atoms with Crippen LogP contribution < -0.4 is 5.32 Å². The molecule has 0 bridgehead atoms. The largest absolute Gasteiger partial charge is 0.481 e. The lowest BCUT2D eigenvalue weighted by molar-refractivity contribution is -0.144. The number of ether oxygens (including phenoxy) is 1. The molecule has 0 spiro atoms. The Labute approximate surface area is 248 Å². The number of fused-ring (bicyclic) bond motifs is 1. The van der Waals surface area contributed by atoms with E-state index in [4.69, 9.17) is 27.9 Å². The number of aryl methyl sites for hydroxylation is 1. The summed E-state index contributed by atoms with van der Waals surface area (Å²) in [5, 5.41) is 23.7. The van der Waals surface area contributed by atoms with Gasteiger partial charge in [0.05, 0.1) is 53.5 Å². The summed E-state index contributed by atoms with van der Waals surface area (Å²) in [6, 6.07) is 10.4. The molecule has 2 heterocycles. The zero-order chi connectivity index (χ0) is 29.3. The van der Waals surface area contributed by atoms with Crippen molar-refractivity contribution in [3.63, 3.8) is 0 Å². The van der Waals surface area contributed by atoms with Crippen molar-refractivity contribution in [3.8, 4) is 0 Å². The number of β-amino-alcohol motifs (C(OH)–C–C–N with tert-alkyl or cyclic N) is 1. The fourth-order valence-corrected chi connectivity index (χ4v) is 6.34. The molecular weight excluding hydrogens is 569 g/mol. The first-order valence-electron chi connectivity index (χ1n) is 13.8. The molecule has 0 radical (unpaired) electrons. The Kier molecular flexibility index (Phi) is 8.89. The smallest absolute Gasteiger partial charge is 0.306 e. The predicted molar refractivity (Wildman–Crippen MR) is 156 cm³/mol. The van der Waals surface area contributed by atoms with Crippen LogP contribution in [0.1, 0.15) is 48.0 Å². The third-order valence-electron chi connectivity index (χ3n) is 8.13. The summed E-state index contributed by atoms with van der Waals surface area (Å²) in [6.07, 6.45) is 3.92. The third kappa shape index (κ3) is 6.54. The number of likely N-dealkylation sites (tertiary alicyclic amines) is 1. The lowest BCUT2D eigenvalue weighted by Crippen LogP contribution is -2.40. The van der Waals surface area contributed by atoms with Crippen molar-refractivity contribution < 1.29 is 29.3 Å². The molecule has 2 aromatic carbocycles. The second-order valence-corrected chi connectivity index (χ2v) is 11.8. The number of rotatable bonds is 8. The summed E-state index contributed by atoms with van der Waals surface area (Å²) in [5.74, 6) is -1.63. The summed E-state index contributed by atoms with van der Waals surface area (Å²) >= 11 is 13.1. The van der Waals surface area contributed by atoms with Gasteiger partial charge in [0.1, 0.15) is 0 Å². The first-order valence-corrected chi connectivity index (χ1v) is 14.5. The fourth-order valence-electron chi connectivity index (χ4n) is 5.88. The number of carboxylic acid groups (broad SMARTS) is 1. The van der Waals surface area contributed by atoms with E-state index in [0.29, 0.717) is 53.9 Å². The van der Waals surface area contributed by atoms with E-state index in [-0.39, 0.29) is 54.5 Å². The Morgan fingerprint density at radius 3 is 2.54 bits per heavy atom. The van der Waals surface area contributed by atoms with E-state index in [9.17, 15) is 24.6 Å². The number of anilines is 1. The molecule has 1 aromatic heterocycles. The van der Waals surface area contributed by atoms with Gasteiger partial charge in [-0.3, -0.25) is 14.4 Å². The number of amides is 2. The molecular formula is C30H33Cl2N3O6. The number of aliphatic carboxylic acids is 1. The molecule has 11 heteroatoms. The molecule has 2 aliphatic rings. The van der Waals surface area contributed by atoms with E-state index in [1.165, 1.54) is 0 Å². The fraction of sp³-hybridized carbons (Fsp3) is 0.433. The first-order chi connectivity index (χ1) is 19.6. The molecule has 9 nitrogen and oxygen atoms in total. The van der Waals surface area contributed by atoms with Gasteiger partial charge < -0.3 is 29.7 Å². The van der Waals surface area contributed by atoms with Crippen molar-refractivity contribution in [2.24, 2.45) is 13.0 Å². The summed E-state index contributed by atoms with van der Waals surface area (Å²) < 4.78 is 7.93. The highest BCUT2D eigenvalue weighted by molar-refractivity contribution is 6.36. The number of aromatic nitrogens is 1. The van der Waals surface area contributed by atoms with Crippen LogP contribution in [-0.4, -0.2) is 68.9 Å². The van der Waals surface area contributed by atoms with Crippen molar-refractivity contribution in [1.29, 1.82) is 0 Å². The van der Waals surface area contributed by atoms with E-state index >= 15 is 0 Å². The van der Waals surface area contributed by atoms with Crippen molar-refractivity contribution in [3.05, 3.63) is 63.8 Å². The second kappa shape index (κ2) is 12.4. The van der Waals surface area contributed by atoms with E-state index in [0.717, 1.165) is 10.9 Å². The van der Waals surface area contributed by atoms with Gasteiger partial charge in [0.15, 0.2) is 0 Å². The van der Waals surface area contributed by atoms with Gasteiger partial charge in [0, 0.05) is 35.7 Å². The number of hydrogen-bond donors (Lipinski definition) is 3. The summed E-state index contributed by atoms with van der Waals surface area (Å²) in [4.78, 5) is 39.2. The maximum atomic E-state index is 13.3. The van der Waals surface area contributed by atoms with Crippen LogP contribution in [0.3, 0.4) is 0 Å². The number of benzene rings is 2. The highest BCUT2D eigenvalue weighted by atomic mass is 35.5. The Bertz CT molecular complexity index is 1470. The molecule has 1 aliphatic carbocycles. The van der Waals surface area contributed by atoms with Crippen LogP contribution in [0.25, 0.3) is 10.9 Å². The van der Waals surface area contributed by atoms with Crippen LogP contribution in [-0.2, 0) is 27.8 Å². The van der Waals surface area contributed by atoms with Crippen molar-refractivity contribution >= 4 is 57.6 Å². The highest BCUT2D eigenvalue weighted by Gasteiger charge is 2.36. The van der Waals surface area contributed by atoms with Gasteiger partial charge in [-0.15, -0.1) is 0 Å². The molecule has 2 atom stereocenters. The zero-order valence-electron chi connectivity index (χ0n) is 22.7. The molecule has 3 aromatic rings. The van der Waals surface area contributed by atoms with Gasteiger partial charge in [-0.25, -0.2) is 0 Å². The van der Waals surface area contributed by atoms with Gasteiger partial charge in [-0.1, -0.05) is 41.4 Å². The van der Waals surface area contributed by atoms with E-state index in [2.05, 4.69) is 5.32 Å². The van der Waals surface area contributed by atoms with Crippen LogP contribution in [0, 0.1) is 5.92 Å². The molecule has 0 unspecified atom stereocenters. The molecule has 5 rings (SSSR count). The monoisotopic (exact) mass is 601 g/mol. The Morgan fingerprint density at radius 1 is 1.07 bits per heavy atom. The minimum Gasteiger partial charge on any atom is -0.481 e. The van der Waals surface area contributed by atoms with Crippen molar-refractivity contribution in [1.82, 2.24) is 9.47 Å². The SMILES string of the molecule is Cn1cc(C(=O)Nc2cc(Cl)c(CC(=O)N3C[C@@H](O)C[C@H]3COC3CCC(C(=O)O)CC3)cc2Cl)c2ccccc21. The van der Waals surface area contributed by atoms with Gasteiger partial charge in [0.2, 0.25) is 5.91 Å². The van der Waals surface area contributed by atoms with Gasteiger partial charge in [-0.05, 0) is 55.9 Å². The molecule has 1 aliphatic heterocycles. The normalized spacial score (nSPS) is 22.7. The first kappa shape index (κ1) is 29.4. The minimum absolute atomic E-state index is 0.0248. The number of carbonyl (C=O) groups is 3. The number of carboxylic acids is 1. The van der Waals surface area contributed by atoms with Crippen LogP contribution in [0.2, 0.25) is 10.0 Å². The van der Waals surface area contributed by atoms with E-state index < -0.39 is 12.1 Å². The predicted octanol–water partition coefficient (Wildman–Crippen LogP) is 4.90. The average Bonchev–Trinajstić information content (AvgIpc) is 3.50. The molecule has 1 saturated heterocycles. The van der Waals surface area contributed by atoms with Crippen LogP contribution in [0.4, 0.5) is 5.69 Å². The summed E-state index contributed by atoms with van der Waals surface area (Å²) in [6.45, 7) is 0.474. The van der Waals surface area contributed by atoms with Crippen LogP contribution >= 0.6 is 23.2 Å². The lowest BCUT2D eigenvalue weighted by Gasteiger charge is -2.30. The highest BCUT2D eigenvalue weighted by Crippen LogP contribution is 2.32. The van der Waals surface area contributed by atoms with E-state index in [1.54, 1.807) is 23.2 Å².